The number of nitrogens with zero attached hydrogens (tertiary/aromatic N) is 1. The van der Waals surface area contributed by atoms with E-state index in [0.717, 1.165) is 6.42 Å². The summed E-state index contributed by atoms with van der Waals surface area (Å²) in [5.41, 5.74) is 0. The summed E-state index contributed by atoms with van der Waals surface area (Å²) in [4.78, 5) is 12.0. The van der Waals surface area contributed by atoms with Crippen LogP contribution >= 0.6 is 0 Å². The molecule has 18 heavy (non-hydrogen) atoms. The highest BCUT2D eigenvalue weighted by atomic mass is 16.5. The number of fused-ring (bicyclic) bond motifs is 1. The Morgan fingerprint density at radius 3 is 3.17 bits per heavy atom. The fourth-order valence-corrected chi connectivity index (χ4v) is 3.15. The van der Waals surface area contributed by atoms with Crippen molar-refractivity contribution in [2.75, 3.05) is 0 Å². The van der Waals surface area contributed by atoms with E-state index in [1.165, 1.54) is 25.7 Å². The molecule has 1 saturated carbocycles. The van der Waals surface area contributed by atoms with Gasteiger partial charge in [0.2, 0.25) is 5.91 Å². The van der Waals surface area contributed by atoms with Crippen molar-refractivity contribution >= 4 is 5.91 Å². The van der Waals surface area contributed by atoms with E-state index >= 15 is 0 Å². The third-order valence-electron chi connectivity index (χ3n) is 4.11. The van der Waals surface area contributed by atoms with E-state index in [2.05, 4.69) is 15.8 Å². The Morgan fingerprint density at radius 2 is 2.39 bits per heavy atom. The van der Waals surface area contributed by atoms with Crippen LogP contribution in [0.4, 0.5) is 0 Å². The molecule has 1 aromatic heterocycles. The van der Waals surface area contributed by atoms with Gasteiger partial charge in [0, 0.05) is 12.1 Å². The van der Waals surface area contributed by atoms with Crippen molar-refractivity contribution in [3.63, 3.8) is 0 Å². The largest absolute Gasteiger partial charge is 0.360 e. The lowest BCUT2D eigenvalue weighted by Crippen LogP contribution is -2.42. The zero-order valence-corrected chi connectivity index (χ0v) is 10.4. The van der Waals surface area contributed by atoms with E-state index in [1.54, 1.807) is 12.3 Å². The standard InChI is InChI=1S/C13H19N3O2/c17-13(14-8-10-5-6-15-18-10)12-7-9-3-1-2-4-11(9)16-12/h5-6,9,11-12,16H,1-4,7-8H2,(H,14,17). The summed E-state index contributed by atoms with van der Waals surface area (Å²) in [6.07, 6.45) is 7.66. The molecule has 0 bridgehead atoms. The number of carbonyl (C=O) groups excluding carboxylic acids is 1. The highest BCUT2D eigenvalue weighted by molar-refractivity contribution is 5.82. The number of amides is 1. The summed E-state index contributed by atoms with van der Waals surface area (Å²) in [5.74, 6) is 1.47. The van der Waals surface area contributed by atoms with Crippen molar-refractivity contribution in [1.82, 2.24) is 15.8 Å². The molecule has 2 N–H and O–H groups in total. The fourth-order valence-electron chi connectivity index (χ4n) is 3.15. The molecule has 1 saturated heterocycles. The van der Waals surface area contributed by atoms with Gasteiger partial charge in [0.25, 0.3) is 0 Å². The van der Waals surface area contributed by atoms with E-state index in [9.17, 15) is 4.79 Å². The van der Waals surface area contributed by atoms with Gasteiger partial charge >= 0.3 is 0 Å². The predicted molar refractivity (Wildman–Crippen MR) is 65.6 cm³/mol. The van der Waals surface area contributed by atoms with Crippen molar-refractivity contribution in [3.05, 3.63) is 18.0 Å². The quantitative estimate of drug-likeness (QED) is 0.845. The van der Waals surface area contributed by atoms with E-state index in [-0.39, 0.29) is 11.9 Å². The Balaban J connectivity index is 1.51. The average molecular weight is 249 g/mol. The molecular weight excluding hydrogens is 230 g/mol. The molecule has 2 aliphatic rings. The highest BCUT2D eigenvalue weighted by Crippen LogP contribution is 2.33. The van der Waals surface area contributed by atoms with E-state index < -0.39 is 0 Å². The predicted octanol–water partition coefficient (Wildman–Crippen LogP) is 1.21. The van der Waals surface area contributed by atoms with Gasteiger partial charge in [-0.05, 0) is 25.2 Å². The van der Waals surface area contributed by atoms with Gasteiger partial charge in [-0.1, -0.05) is 18.0 Å². The third kappa shape index (κ3) is 2.41. The lowest BCUT2D eigenvalue weighted by Gasteiger charge is -2.24. The minimum Gasteiger partial charge on any atom is -0.360 e. The number of rotatable bonds is 3. The first-order chi connectivity index (χ1) is 8.83. The lowest BCUT2D eigenvalue weighted by atomic mass is 9.85. The van der Waals surface area contributed by atoms with E-state index in [4.69, 9.17) is 4.52 Å². The minimum atomic E-state index is -0.0268. The maximum absolute atomic E-state index is 12.0. The maximum Gasteiger partial charge on any atom is 0.237 e. The first-order valence-corrected chi connectivity index (χ1v) is 6.76. The molecule has 5 heteroatoms. The monoisotopic (exact) mass is 249 g/mol. The third-order valence-corrected chi connectivity index (χ3v) is 4.11. The molecule has 3 atom stereocenters. The number of nitrogens with one attached hydrogen (secondary N) is 2. The second-order valence-electron chi connectivity index (χ2n) is 5.30. The van der Waals surface area contributed by atoms with Crippen LogP contribution in [-0.2, 0) is 11.3 Å². The van der Waals surface area contributed by atoms with Crippen molar-refractivity contribution in [3.8, 4) is 0 Å². The molecule has 0 aromatic carbocycles. The second-order valence-corrected chi connectivity index (χ2v) is 5.30. The minimum absolute atomic E-state index is 0.0268. The van der Waals surface area contributed by atoms with Crippen molar-refractivity contribution in [1.29, 1.82) is 0 Å². The summed E-state index contributed by atoms with van der Waals surface area (Å²) in [6, 6.07) is 2.29. The average Bonchev–Trinajstić information content (AvgIpc) is 3.04. The summed E-state index contributed by atoms with van der Waals surface area (Å²) < 4.78 is 4.96. The highest BCUT2D eigenvalue weighted by Gasteiger charge is 2.37. The molecule has 1 aliphatic carbocycles. The molecule has 2 heterocycles. The van der Waals surface area contributed by atoms with E-state index in [1.807, 2.05) is 0 Å². The van der Waals surface area contributed by atoms with Crippen LogP contribution in [0.5, 0.6) is 0 Å². The Bertz CT molecular complexity index is 390. The topological polar surface area (TPSA) is 67.2 Å². The first kappa shape index (κ1) is 11.7. The van der Waals surface area contributed by atoms with Crippen molar-refractivity contribution < 1.29 is 9.32 Å². The van der Waals surface area contributed by atoms with Crippen LogP contribution in [0, 0.1) is 5.92 Å². The molecule has 1 aliphatic heterocycles. The molecule has 1 amide bonds. The zero-order chi connectivity index (χ0) is 12.4. The van der Waals surface area contributed by atoms with E-state index in [0.29, 0.717) is 24.3 Å². The maximum atomic E-state index is 12.0. The first-order valence-electron chi connectivity index (χ1n) is 6.76. The van der Waals surface area contributed by atoms with Gasteiger partial charge in [-0.3, -0.25) is 4.79 Å². The van der Waals surface area contributed by atoms with Crippen LogP contribution in [0.1, 0.15) is 37.9 Å². The van der Waals surface area contributed by atoms with Crippen LogP contribution in [-0.4, -0.2) is 23.1 Å². The molecule has 3 unspecified atom stereocenters. The molecule has 5 nitrogen and oxygen atoms in total. The van der Waals surface area contributed by atoms with Gasteiger partial charge in [0.05, 0.1) is 18.8 Å². The Morgan fingerprint density at radius 1 is 1.50 bits per heavy atom. The van der Waals surface area contributed by atoms with Crippen molar-refractivity contribution in [2.45, 2.75) is 50.7 Å². The Labute approximate surface area is 106 Å². The molecule has 0 spiro atoms. The van der Waals surface area contributed by atoms with Crippen LogP contribution in [0.3, 0.4) is 0 Å². The number of aromatic nitrogens is 1. The molecule has 1 aromatic rings. The van der Waals surface area contributed by atoms with Crippen LogP contribution in [0.15, 0.2) is 16.8 Å². The van der Waals surface area contributed by atoms with Gasteiger partial charge in [0.15, 0.2) is 5.76 Å². The van der Waals surface area contributed by atoms with Gasteiger partial charge in [0.1, 0.15) is 0 Å². The number of hydrogen-bond donors (Lipinski definition) is 2. The molecule has 98 valence electrons. The zero-order valence-electron chi connectivity index (χ0n) is 10.4. The van der Waals surface area contributed by atoms with Gasteiger partial charge < -0.3 is 15.2 Å². The Kier molecular flexibility index (Phi) is 3.32. The molecular formula is C13H19N3O2. The van der Waals surface area contributed by atoms with Crippen molar-refractivity contribution in [2.24, 2.45) is 5.92 Å². The normalized spacial score (nSPS) is 31.0. The molecule has 0 radical (unpaired) electrons. The van der Waals surface area contributed by atoms with Crippen LogP contribution in [0.25, 0.3) is 0 Å². The second kappa shape index (κ2) is 5.10. The smallest absolute Gasteiger partial charge is 0.237 e. The Hall–Kier alpha value is -1.36. The van der Waals surface area contributed by atoms with Gasteiger partial charge in [-0.15, -0.1) is 0 Å². The summed E-state index contributed by atoms with van der Waals surface area (Å²) in [5, 5.41) is 9.98. The molecule has 3 rings (SSSR count). The number of carbonyl (C=O) groups is 1. The van der Waals surface area contributed by atoms with Gasteiger partial charge in [-0.2, -0.15) is 0 Å². The number of hydrogen-bond acceptors (Lipinski definition) is 4. The lowest BCUT2D eigenvalue weighted by molar-refractivity contribution is -0.123. The summed E-state index contributed by atoms with van der Waals surface area (Å²) >= 11 is 0. The van der Waals surface area contributed by atoms with Crippen LogP contribution < -0.4 is 10.6 Å². The summed E-state index contributed by atoms with van der Waals surface area (Å²) in [7, 11) is 0. The van der Waals surface area contributed by atoms with Crippen LogP contribution in [0.2, 0.25) is 0 Å². The summed E-state index contributed by atoms with van der Waals surface area (Å²) in [6.45, 7) is 0.423. The molecule has 2 fully saturated rings. The van der Waals surface area contributed by atoms with Gasteiger partial charge in [-0.25, -0.2) is 0 Å². The fraction of sp³-hybridized carbons (Fsp3) is 0.692. The SMILES string of the molecule is O=C(NCc1ccno1)C1CC2CCCCC2N1.